The highest BCUT2D eigenvalue weighted by Gasteiger charge is 2.09. The van der Waals surface area contributed by atoms with Crippen molar-refractivity contribution < 1.29 is 9.15 Å². The van der Waals surface area contributed by atoms with E-state index in [1.165, 1.54) is 0 Å². The van der Waals surface area contributed by atoms with Crippen molar-refractivity contribution in [2.45, 2.75) is 6.54 Å². The summed E-state index contributed by atoms with van der Waals surface area (Å²) < 4.78 is 10.9. The number of nitrogens with zero attached hydrogens (tertiary/aromatic N) is 2. The molecule has 21 heavy (non-hydrogen) atoms. The van der Waals surface area contributed by atoms with Crippen molar-refractivity contribution in [1.29, 1.82) is 0 Å². The molecule has 0 radical (unpaired) electrons. The van der Waals surface area contributed by atoms with Gasteiger partial charge < -0.3 is 19.8 Å². The van der Waals surface area contributed by atoms with E-state index < -0.39 is 0 Å². The van der Waals surface area contributed by atoms with Crippen LogP contribution >= 0.6 is 0 Å². The van der Waals surface area contributed by atoms with Gasteiger partial charge in [0, 0.05) is 18.4 Å². The Morgan fingerprint density at radius 1 is 1.19 bits per heavy atom. The van der Waals surface area contributed by atoms with E-state index in [9.17, 15) is 0 Å². The molecule has 0 atom stereocenters. The molecular formula is C16H17N3O2. The van der Waals surface area contributed by atoms with Gasteiger partial charge in [0.2, 0.25) is 5.89 Å². The Hall–Kier alpha value is -2.69. The van der Waals surface area contributed by atoms with Crippen molar-refractivity contribution in [3.8, 4) is 5.75 Å². The van der Waals surface area contributed by atoms with Crippen molar-refractivity contribution in [2.24, 2.45) is 0 Å². The number of oxazole rings is 1. The second-order valence-corrected chi connectivity index (χ2v) is 4.89. The number of fused-ring (bicyclic) bond motifs is 1. The van der Waals surface area contributed by atoms with Crippen LogP contribution in [0.1, 0.15) is 5.89 Å². The van der Waals surface area contributed by atoms with Crippen molar-refractivity contribution in [2.75, 3.05) is 24.8 Å². The van der Waals surface area contributed by atoms with Crippen molar-refractivity contribution in [1.82, 2.24) is 4.98 Å². The van der Waals surface area contributed by atoms with Crippen molar-refractivity contribution in [3.63, 3.8) is 0 Å². The number of methoxy groups -OCH3 is 1. The van der Waals surface area contributed by atoms with Crippen LogP contribution in [0.3, 0.4) is 0 Å². The molecule has 0 aliphatic heterocycles. The van der Waals surface area contributed by atoms with Crippen LogP contribution in [0.4, 0.5) is 11.4 Å². The number of rotatable bonds is 4. The first-order chi connectivity index (χ1) is 10.2. The van der Waals surface area contributed by atoms with Crippen LogP contribution in [0.25, 0.3) is 11.1 Å². The van der Waals surface area contributed by atoms with E-state index in [2.05, 4.69) is 9.88 Å². The Bertz CT molecular complexity index is 750. The summed E-state index contributed by atoms with van der Waals surface area (Å²) in [5.41, 5.74) is 9.04. The summed E-state index contributed by atoms with van der Waals surface area (Å²) in [4.78, 5) is 6.52. The van der Waals surface area contributed by atoms with Crippen LogP contribution in [0.15, 0.2) is 46.9 Å². The first kappa shape index (κ1) is 13.3. The van der Waals surface area contributed by atoms with Gasteiger partial charge in [-0.15, -0.1) is 0 Å². The molecule has 3 aromatic rings. The minimum absolute atomic E-state index is 0.584. The van der Waals surface area contributed by atoms with E-state index in [0.29, 0.717) is 18.1 Å². The highest BCUT2D eigenvalue weighted by molar-refractivity contribution is 5.76. The average molecular weight is 283 g/mol. The minimum Gasteiger partial charge on any atom is -0.497 e. The highest BCUT2D eigenvalue weighted by Crippen LogP contribution is 2.22. The number of hydrogen-bond acceptors (Lipinski definition) is 5. The monoisotopic (exact) mass is 283 g/mol. The number of hydrogen-bond donors (Lipinski definition) is 1. The quantitative estimate of drug-likeness (QED) is 0.745. The van der Waals surface area contributed by atoms with Gasteiger partial charge in [0.05, 0.1) is 13.7 Å². The van der Waals surface area contributed by atoms with Crippen LogP contribution in [-0.2, 0) is 6.54 Å². The maximum atomic E-state index is 5.75. The average Bonchev–Trinajstić information content (AvgIpc) is 2.88. The summed E-state index contributed by atoms with van der Waals surface area (Å²) in [6.07, 6.45) is 0. The summed E-state index contributed by atoms with van der Waals surface area (Å²) in [5, 5.41) is 0. The molecule has 0 saturated carbocycles. The van der Waals surface area contributed by atoms with E-state index in [1.54, 1.807) is 7.11 Å². The molecule has 3 rings (SSSR count). The summed E-state index contributed by atoms with van der Waals surface area (Å²) in [6, 6.07) is 13.3. The van der Waals surface area contributed by atoms with Gasteiger partial charge in [-0.3, -0.25) is 0 Å². The lowest BCUT2D eigenvalue weighted by Gasteiger charge is -2.17. The van der Waals surface area contributed by atoms with Crippen LogP contribution in [0, 0.1) is 0 Å². The third-order valence-corrected chi connectivity index (χ3v) is 3.34. The van der Waals surface area contributed by atoms with E-state index >= 15 is 0 Å². The summed E-state index contributed by atoms with van der Waals surface area (Å²) in [6.45, 7) is 0.584. The van der Waals surface area contributed by atoms with Gasteiger partial charge in [0.1, 0.15) is 11.3 Å². The SMILES string of the molecule is COc1ccc(N(C)Cc2nc3cc(N)ccc3o2)cc1. The first-order valence-electron chi connectivity index (χ1n) is 6.66. The fourth-order valence-electron chi connectivity index (χ4n) is 2.19. The van der Waals surface area contributed by atoms with E-state index in [0.717, 1.165) is 22.5 Å². The number of anilines is 2. The molecule has 0 fully saturated rings. The Morgan fingerprint density at radius 3 is 2.67 bits per heavy atom. The van der Waals surface area contributed by atoms with Gasteiger partial charge in [-0.1, -0.05) is 0 Å². The van der Waals surface area contributed by atoms with Crippen molar-refractivity contribution in [3.05, 3.63) is 48.4 Å². The van der Waals surface area contributed by atoms with E-state index in [1.807, 2.05) is 49.5 Å². The van der Waals surface area contributed by atoms with Gasteiger partial charge in [-0.2, -0.15) is 0 Å². The van der Waals surface area contributed by atoms with Gasteiger partial charge in [0.15, 0.2) is 5.58 Å². The van der Waals surface area contributed by atoms with Crippen LogP contribution in [0.2, 0.25) is 0 Å². The van der Waals surface area contributed by atoms with Gasteiger partial charge in [-0.25, -0.2) is 4.98 Å². The molecule has 108 valence electrons. The van der Waals surface area contributed by atoms with Crippen LogP contribution < -0.4 is 15.4 Å². The molecule has 5 heteroatoms. The molecule has 0 amide bonds. The number of ether oxygens (including phenoxy) is 1. The third kappa shape index (κ3) is 2.76. The molecule has 1 aromatic heterocycles. The number of aromatic nitrogens is 1. The molecule has 2 N–H and O–H groups in total. The Balaban J connectivity index is 1.79. The van der Waals surface area contributed by atoms with Gasteiger partial charge >= 0.3 is 0 Å². The Labute approximate surface area is 122 Å². The highest BCUT2D eigenvalue weighted by atomic mass is 16.5. The Kier molecular flexibility index (Phi) is 3.39. The first-order valence-corrected chi connectivity index (χ1v) is 6.66. The van der Waals surface area contributed by atoms with Crippen LogP contribution in [-0.4, -0.2) is 19.1 Å². The smallest absolute Gasteiger partial charge is 0.215 e. The lowest BCUT2D eigenvalue weighted by Crippen LogP contribution is -2.16. The summed E-state index contributed by atoms with van der Waals surface area (Å²) in [5.74, 6) is 1.50. The molecule has 0 aliphatic rings. The van der Waals surface area contributed by atoms with Crippen LogP contribution in [0.5, 0.6) is 5.75 Å². The molecule has 2 aromatic carbocycles. The minimum atomic E-state index is 0.584. The normalized spacial score (nSPS) is 10.8. The van der Waals surface area contributed by atoms with Gasteiger partial charge in [0.25, 0.3) is 0 Å². The fourth-order valence-corrected chi connectivity index (χ4v) is 2.19. The number of nitrogen functional groups attached to an aromatic ring is 1. The van der Waals surface area contributed by atoms with E-state index in [-0.39, 0.29) is 0 Å². The van der Waals surface area contributed by atoms with E-state index in [4.69, 9.17) is 14.9 Å². The molecule has 1 heterocycles. The topological polar surface area (TPSA) is 64.5 Å². The molecule has 0 bridgehead atoms. The number of benzene rings is 2. The maximum absolute atomic E-state index is 5.75. The zero-order valence-corrected chi connectivity index (χ0v) is 12.0. The largest absolute Gasteiger partial charge is 0.497 e. The standard InChI is InChI=1S/C16H17N3O2/c1-19(12-4-6-13(20-2)7-5-12)10-16-18-14-9-11(17)3-8-15(14)21-16/h3-9H,10,17H2,1-2H3. The third-order valence-electron chi connectivity index (χ3n) is 3.34. The molecule has 0 saturated heterocycles. The zero-order valence-electron chi connectivity index (χ0n) is 12.0. The zero-order chi connectivity index (χ0) is 14.8. The van der Waals surface area contributed by atoms with Gasteiger partial charge in [-0.05, 0) is 42.5 Å². The fraction of sp³-hybridized carbons (Fsp3) is 0.188. The lowest BCUT2D eigenvalue weighted by atomic mass is 10.3. The molecule has 5 nitrogen and oxygen atoms in total. The summed E-state index contributed by atoms with van der Waals surface area (Å²) in [7, 11) is 3.65. The molecule has 0 unspecified atom stereocenters. The molecule has 0 spiro atoms. The second-order valence-electron chi connectivity index (χ2n) is 4.89. The number of nitrogens with two attached hydrogens (primary N) is 1. The second kappa shape index (κ2) is 5.36. The summed E-state index contributed by atoms with van der Waals surface area (Å²) >= 11 is 0. The Morgan fingerprint density at radius 2 is 1.95 bits per heavy atom. The predicted octanol–water partition coefficient (Wildman–Crippen LogP) is 3.06. The lowest BCUT2D eigenvalue weighted by molar-refractivity contribution is 0.415. The molecular weight excluding hydrogens is 266 g/mol. The van der Waals surface area contributed by atoms with Crippen molar-refractivity contribution >= 4 is 22.5 Å². The maximum Gasteiger partial charge on any atom is 0.215 e. The predicted molar refractivity (Wildman–Crippen MR) is 83.5 cm³/mol. The molecule has 0 aliphatic carbocycles.